The lowest BCUT2D eigenvalue weighted by Crippen LogP contribution is -1.99. The largest absolute Gasteiger partial charge is 0.481 e. The summed E-state index contributed by atoms with van der Waals surface area (Å²) in [7, 11) is 0. The minimum absolute atomic E-state index is 0.0782. The molecule has 1 heterocycles. The lowest BCUT2D eigenvalue weighted by atomic mass is 10.1. The van der Waals surface area contributed by atoms with E-state index in [1.54, 1.807) is 0 Å². The molecule has 0 saturated carbocycles. The summed E-state index contributed by atoms with van der Waals surface area (Å²) in [4.78, 5) is 16.0. The number of aliphatic carboxylic acids is 1. The molecule has 0 amide bonds. The predicted molar refractivity (Wildman–Crippen MR) is 72.0 cm³/mol. The van der Waals surface area contributed by atoms with Crippen molar-refractivity contribution in [3.8, 4) is 0 Å². The summed E-state index contributed by atoms with van der Waals surface area (Å²) < 4.78 is 0. The SMILES string of the molecule is Cc1nc(CCc2ccccc2)sc1CC(=O)O. The maximum Gasteiger partial charge on any atom is 0.308 e. The average Bonchev–Trinajstić information content (AvgIpc) is 2.68. The Balaban J connectivity index is 2.00. The van der Waals surface area contributed by atoms with E-state index in [0.717, 1.165) is 28.4 Å². The fourth-order valence-electron chi connectivity index (χ4n) is 1.79. The lowest BCUT2D eigenvalue weighted by Gasteiger charge is -1.97. The van der Waals surface area contributed by atoms with Crippen LogP contribution in [0.2, 0.25) is 0 Å². The van der Waals surface area contributed by atoms with Crippen molar-refractivity contribution in [2.75, 3.05) is 0 Å². The minimum atomic E-state index is -0.795. The van der Waals surface area contributed by atoms with Crippen molar-refractivity contribution in [3.05, 3.63) is 51.5 Å². The number of benzene rings is 1. The van der Waals surface area contributed by atoms with E-state index >= 15 is 0 Å². The second-order valence-corrected chi connectivity index (χ2v) is 5.34. The van der Waals surface area contributed by atoms with Crippen molar-refractivity contribution in [2.24, 2.45) is 0 Å². The van der Waals surface area contributed by atoms with Crippen molar-refractivity contribution in [1.82, 2.24) is 4.98 Å². The molecule has 0 radical (unpaired) electrons. The Hall–Kier alpha value is -1.68. The monoisotopic (exact) mass is 261 g/mol. The number of carboxylic acid groups (broad SMARTS) is 1. The van der Waals surface area contributed by atoms with Crippen molar-refractivity contribution in [3.63, 3.8) is 0 Å². The molecule has 1 aromatic carbocycles. The van der Waals surface area contributed by atoms with Crippen molar-refractivity contribution in [1.29, 1.82) is 0 Å². The van der Waals surface area contributed by atoms with E-state index in [1.807, 2.05) is 25.1 Å². The zero-order chi connectivity index (χ0) is 13.0. The Morgan fingerprint density at radius 1 is 1.28 bits per heavy atom. The van der Waals surface area contributed by atoms with Gasteiger partial charge in [-0.25, -0.2) is 4.98 Å². The molecule has 0 aliphatic rings. The van der Waals surface area contributed by atoms with Crippen LogP contribution in [0.1, 0.15) is 21.1 Å². The van der Waals surface area contributed by atoms with E-state index in [1.165, 1.54) is 16.9 Å². The topological polar surface area (TPSA) is 50.2 Å². The molecule has 94 valence electrons. The van der Waals surface area contributed by atoms with Crippen LogP contribution in [0, 0.1) is 6.92 Å². The van der Waals surface area contributed by atoms with Gasteiger partial charge in [0.2, 0.25) is 0 Å². The third-order valence-electron chi connectivity index (χ3n) is 2.72. The fourth-order valence-corrected chi connectivity index (χ4v) is 2.85. The number of rotatable bonds is 5. The quantitative estimate of drug-likeness (QED) is 0.900. The first-order chi connectivity index (χ1) is 8.65. The van der Waals surface area contributed by atoms with Crippen LogP contribution in [0.25, 0.3) is 0 Å². The van der Waals surface area contributed by atoms with Crippen LogP contribution in [0.3, 0.4) is 0 Å². The zero-order valence-electron chi connectivity index (χ0n) is 10.2. The molecule has 4 heteroatoms. The first-order valence-corrected chi connectivity index (χ1v) is 6.67. The van der Waals surface area contributed by atoms with E-state index in [4.69, 9.17) is 5.11 Å². The number of aryl methyl sites for hydroxylation is 3. The van der Waals surface area contributed by atoms with Gasteiger partial charge in [0.1, 0.15) is 0 Å². The smallest absolute Gasteiger partial charge is 0.308 e. The number of carboxylic acids is 1. The second kappa shape index (κ2) is 5.78. The van der Waals surface area contributed by atoms with E-state index in [2.05, 4.69) is 17.1 Å². The first-order valence-electron chi connectivity index (χ1n) is 5.86. The second-order valence-electron chi connectivity index (χ2n) is 4.17. The molecule has 0 unspecified atom stereocenters. The number of hydrogen-bond donors (Lipinski definition) is 1. The van der Waals surface area contributed by atoms with E-state index < -0.39 is 5.97 Å². The van der Waals surface area contributed by atoms with E-state index in [9.17, 15) is 4.79 Å². The molecule has 0 fully saturated rings. The summed E-state index contributed by atoms with van der Waals surface area (Å²) in [5.41, 5.74) is 2.13. The van der Waals surface area contributed by atoms with Gasteiger partial charge in [0.05, 0.1) is 17.1 Å². The molecule has 2 aromatic rings. The summed E-state index contributed by atoms with van der Waals surface area (Å²) in [5.74, 6) is -0.795. The van der Waals surface area contributed by atoms with Gasteiger partial charge in [-0.3, -0.25) is 4.79 Å². The van der Waals surface area contributed by atoms with Crippen LogP contribution in [-0.2, 0) is 24.1 Å². The van der Waals surface area contributed by atoms with Crippen LogP contribution in [0.15, 0.2) is 30.3 Å². The Morgan fingerprint density at radius 2 is 2.00 bits per heavy atom. The molecule has 2 rings (SSSR count). The highest BCUT2D eigenvalue weighted by Crippen LogP contribution is 2.20. The number of carbonyl (C=O) groups is 1. The van der Waals surface area contributed by atoms with Gasteiger partial charge in [0, 0.05) is 11.3 Å². The minimum Gasteiger partial charge on any atom is -0.481 e. The normalized spacial score (nSPS) is 10.5. The van der Waals surface area contributed by atoms with Crippen LogP contribution < -0.4 is 0 Å². The van der Waals surface area contributed by atoms with Crippen molar-refractivity contribution >= 4 is 17.3 Å². The number of aromatic nitrogens is 1. The molecular weight excluding hydrogens is 246 g/mol. The predicted octanol–water partition coefficient (Wildman–Crippen LogP) is 2.86. The Bertz CT molecular complexity index is 534. The van der Waals surface area contributed by atoms with Crippen LogP contribution in [0.5, 0.6) is 0 Å². The summed E-state index contributed by atoms with van der Waals surface area (Å²) in [6.07, 6.45) is 1.89. The fraction of sp³-hybridized carbons (Fsp3) is 0.286. The van der Waals surface area contributed by atoms with E-state index in [-0.39, 0.29) is 6.42 Å². The summed E-state index contributed by atoms with van der Waals surface area (Å²) in [6, 6.07) is 10.2. The van der Waals surface area contributed by atoms with Gasteiger partial charge >= 0.3 is 5.97 Å². The molecule has 0 bridgehead atoms. The van der Waals surface area contributed by atoms with Gasteiger partial charge in [-0.15, -0.1) is 11.3 Å². The molecule has 0 saturated heterocycles. The lowest BCUT2D eigenvalue weighted by molar-refractivity contribution is -0.136. The third kappa shape index (κ3) is 3.40. The molecule has 0 aliphatic heterocycles. The van der Waals surface area contributed by atoms with Gasteiger partial charge < -0.3 is 5.11 Å². The molecule has 0 spiro atoms. The summed E-state index contributed by atoms with van der Waals surface area (Å²) >= 11 is 1.52. The third-order valence-corrected chi connectivity index (χ3v) is 3.94. The Labute approximate surface area is 110 Å². The molecule has 0 atom stereocenters. The van der Waals surface area contributed by atoms with Gasteiger partial charge in [0.25, 0.3) is 0 Å². The van der Waals surface area contributed by atoms with Crippen LogP contribution in [0.4, 0.5) is 0 Å². The van der Waals surface area contributed by atoms with Gasteiger partial charge in [-0.2, -0.15) is 0 Å². The number of nitrogens with zero attached hydrogens (tertiary/aromatic N) is 1. The molecule has 3 nitrogen and oxygen atoms in total. The first kappa shape index (κ1) is 12.8. The van der Waals surface area contributed by atoms with Crippen molar-refractivity contribution in [2.45, 2.75) is 26.2 Å². The zero-order valence-corrected chi connectivity index (χ0v) is 11.0. The Kier molecular flexibility index (Phi) is 4.10. The number of hydrogen-bond acceptors (Lipinski definition) is 3. The molecule has 1 N–H and O–H groups in total. The highest BCUT2D eigenvalue weighted by molar-refractivity contribution is 7.11. The summed E-state index contributed by atoms with van der Waals surface area (Å²) in [6.45, 7) is 1.88. The van der Waals surface area contributed by atoms with E-state index in [0.29, 0.717) is 0 Å². The maximum atomic E-state index is 10.7. The number of thiazole rings is 1. The molecule has 18 heavy (non-hydrogen) atoms. The van der Waals surface area contributed by atoms with Gasteiger partial charge in [-0.1, -0.05) is 30.3 Å². The highest BCUT2D eigenvalue weighted by atomic mass is 32.1. The highest BCUT2D eigenvalue weighted by Gasteiger charge is 2.10. The molecule has 1 aromatic heterocycles. The van der Waals surface area contributed by atoms with Crippen LogP contribution >= 0.6 is 11.3 Å². The molecular formula is C14H15NO2S. The Morgan fingerprint density at radius 3 is 2.67 bits per heavy atom. The summed E-state index contributed by atoms with van der Waals surface area (Å²) in [5, 5.41) is 9.81. The standard InChI is InChI=1S/C14H15NO2S/c1-10-12(9-14(16)17)18-13(15-10)8-7-11-5-3-2-4-6-11/h2-6H,7-9H2,1H3,(H,16,17). The van der Waals surface area contributed by atoms with Crippen LogP contribution in [-0.4, -0.2) is 16.1 Å². The molecule has 0 aliphatic carbocycles. The average molecular weight is 261 g/mol. The van der Waals surface area contributed by atoms with Crippen molar-refractivity contribution < 1.29 is 9.90 Å². The van der Waals surface area contributed by atoms with Gasteiger partial charge in [0.15, 0.2) is 0 Å². The van der Waals surface area contributed by atoms with Gasteiger partial charge in [-0.05, 0) is 18.9 Å². The maximum absolute atomic E-state index is 10.7.